The number of ether oxygens (including phenoxy) is 1. The Morgan fingerprint density at radius 2 is 1.90 bits per heavy atom. The molecule has 1 aromatic carbocycles. The van der Waals surface area contributed by atoms with Gasteiger partial charge in [-0.25, -0.2) is 13.6 Å². The molecule has 0 bridgehead atoms. The van der Waals surface area contributed by atoms with Crippen molar-refractivity contribution in [2.45, 2.75) is 25.6 Å². The zero-order valence-corrected chi connectivity index (χ0v) is 11.0. The number of aromatic carboxylic acids is 1. The van der Waals surface area contributed by atoms with E-state index < -0.39 is 53.3 Å². The van der Waals surface area contributed by atoms with Crippen molar-refractivity contribution in [2.75, 3.05) is 6.61 Å². The van der Waals surface area contributed by atoms with Crippen LogP contribution in [0.15, 0.2) is 12.1 Å². The van der Waals surface area contributed by atoms with Gasteiger partial charge in [0.25, 0.3) is 0 Å². The molecule has 3 N–H and O–H groups in total. The van der Waals surface area contributed by atoms with Crippen molar-refractivity contribution in [1.82, 2.24) is 0 Å². The Morgan fingerprint density at radius 1 is 1.29 bits per heavy atom. The lowest BCUT2D eigenvalue weighted by atomic mass is 9.99. The van der Waals surface area contributed by atoms with Crippen molar-refractivity contribution < 1.29 is 38.4 Å². The molecule has 116 valence electrons. The normalized spacial score (nSPS) is 13.6. The van der Waals surface area contributed by atoms with Crippen molar-refractivity contribution in [1.29, 1.82) is 0 Å². The minimum Gasteiger partial charge on any atom is -0.477 e. The summed E-state index contributed by atoms with van der Waals surface area (Å²) in [5, 5.41) is 28.1. The van der Waals surface area contributed by atoms with Crippen molar-refractivity contribution in [2.24, 2.45) is 0 Å². The maximum atomic E-state index is 13.9. The predicted octanol–water partition coefficient (Wildman–Crippen LogP) is 1.01. The second kappa shape index (κ2) is 7.09. The average Bonchev–Trinajstić information content (AvgIpc) is 2.37. The molecule has 21 heavy (non-hydrogen) atoms. The monoisotopic (exact) mass is 304 g/mol. The van der Waals surface area contributed by atoms with E-state index in [-0.39, 0.29) is 6.61 Å². The van der Waals surface area contributed by atoms with Crippen LogP contribution in [0.2, 0.25) is 0 Å². The van der Waals surface area contributed by atoms with E-state index in [1.807, 2.05) is 0 Å². The van der Waals surface area contributed by atoms with Gasteiger partial charge in [-0.2, -0.15) is 0 Å². The molecule has 0 aliphatic carbocycles. The van der Waals surface area contributed by atoms with E-state index in [1.54, 1.807) is 6.92 Å². The summed E-state index contributed by atoms with van der Waals surface area (Å²) in [6.07, 6.45) is -4.23. The van der Waals surface area contributed by atoms with Gasteiger partial charge in [-0.3, -0.25) is 4.79 Å². The predicted molar refractivity (Wildman–Crippen MR) is 65.5 cm³/mol. The Balaban J connectivity index is 3.02. The van der Waals surface area contributed by atoms with Crippen LogP contribution < -0.4 is 0 Å². The third kappa shape index (κ3) is 3.96. The van der Waals surface area contributed by atoms with Crippen molar-refractivity contribution >= 4 is 11.9 Å². The molecule has 0 heterocycles. The Labute approximate surface area is 118 Å². The van der Waals surface area contributed by atoms with Crippen LogP contribution in [0, 0.1) is 11.6 Å². The Hall–Kier alpha value is -2.06. The summed E-state index contributed by atoms with van der Waals surface area (Å²) in [4.78, 5) is 21.9. The van der Waals surface area contributed by atoms with Crippen LogP contribution in [0.1, 0.15) is 35.4 Å². The van der Waals surface area contributed by atoms with Gasteiger partial charge in [-0.05, 0) is 13.0 Å². The molecule has 2 atom stereocenters. The van der Waals surface area contributed by atoms with Crippen LogP contribution in [0.4, 0.5) is 8.78 Å². The molecule has 1 rings (SSSR count). The van der Waals surface area contributed by atoms with Gasteiger partial charge < -0.3 is 20.1 Å². The minimum atomic E-state index is -1.90. The SMILES string of the molecule is CCOC(=O)CC(O)C(O)c1ccc(F)c(C(=O)O)c1F. The van der Waals surface area contributed by atoms with Gasteiger partial charge in [0, 0.05) is 5.56 Å². The Kier molecular flexibility index (Phi) is 5.74. The van der Waals surface area contributed by atoms with E-state index in [4.69, 9.17) is 5.11 Å². The summed E-state index contributed by atoms with van der Waals surface area (Å²) in [6.45, 7) is 1.61. The topological polar surface area (TPSA) is 104 Å². The molecule has 0 aliphatic rings. The fraction of sp³-hybridized carbons (Fsp3) is 0.385. The summed E-state index contributed by atoms with van der Waals surface area (Å²) < 4.78 is 31.6. The lowest BCUT2D eigenvalue weighted by Crippen LogP contribution is -2.24. The van der Waals surface area contributed by atoms with Crippen molar-refractivity contribution in [3.63, 3.8) is 0 Å². The molecule has 0 fully saturated rings. The van der Waals surface area contributed by atoms with E-state index in [0.29, 0.717) is 6.07 Å². The first-order chi connectivity index (χ1) is 9.79. The number of carboxylic acid groups (broad SMARTS) is 1. The first-order valence-electron chi connectivity index (χ1n) is 6.02. The van der Waals surface area contributed by atoms with E-state index in [1.165, 1.54) is 0 Å². The van der Waals surface area contributed by atoms with E-state index in [2.05, 4.69) is 4.74 Å². The highest BCUT2D eigenvalue weighted by Crippen LogP contribution is 2.26. The fourth-order valence-electron chi connectivity index (χ4n) is 1.70. The number of carbonyl (C=O) groups excluding carboxylic acids is 1. The van der Waals surface area contributed by atoms with Crippen LogP contribution in [-0.2, 0) is 9.53 Å². The van der Waals surface area contributed by atoms with Gasteiger partial charge in [0.1, 0.15) is 23.3 Å². The average molecular weight is 304 g/mol. The zero-order chi connectivity index (χ0) is 16.2. The lowest BCUT2D eigenvalue weighted by Gasteiger charge is -2.18. The van der Waals surface area contributed by atoms with Crippen LogP contribution in [0.5, 0.6) is 0 Å². The molecule has 0 spiro atoms. The number of rotatable bonds is 6. The molecule has 0 amide bonds. The van der Waals surface area contributed by atoms with Gasteiger partial charge in [-0.15, -0.1) is 0 Å². The molecular weight excluding hydrogens is 290 g/mol. The van der Waals surface area contributed by atoms with Crippen LogP contribution in [0.25, 0.3) is 0 Å². The number of esters is 1. The molecular formula is C13H14F2O6. The van der Waals surface area contributed by atoms with Crippen LogP contribution >= 0.6 is 0 Å². The maximum absolute atomic E-state index is 13.9. The minimum absolute atomic E-state index is 0.0652. The maximum Gasteiger partial charge on any atom is 0.341 e. The largest absolute Gasteiger partial charge is 0.477 e. The summed E-state index contributed by atoms with van der Waals surface area (Å²) in [7, 11) is 0. The third-order valence-corrected chi connectivity index (χ3v) is 2.70. The van der Waals surface area contributed by atoms with Gasteiger partial charge >= 0.3 is 11.9 Å². The van der Waals surface area contributed by atoms with E-state index in [9.17, 15) is 28.6 Å². The first-order valence-corrected chi connectivity index (χ1v) is 6.02. The summed E-state index contributed by atoms with van der Waals surface area (Å²) in [5.74, 6) is -5.47. The third-order valence-electron chi connectivity index (χ3n) is 2.70. The number of carbonyl (C=O) groups is 2. The second-order valence-corrected chi connectivity index (χ2v) is 4.15. The van der Waals surface area contributed by atoms with Crippen molar-refractivity contribution in [3.05, 3.63) is 34.9 Å². The zero-order valence-electron chi connectivity index (χ0n) is 11.0. The molecule has 8 heteroatoms. The molecule has 0 saturated carbocycles. The fourth-order valence-corrected chi connectivity index (χ4v) is 1.70. The number of hydrogen-bond acceptors (Lipinski definition) is 5. The number of aliphatic hydroxyl groups is 2. The number of aliphatic hydroxyl groups excluding tert-OH is 2. The van der Waals surface area contributed by atoms with Crippen LogP contribution in [-0.4, -0.2) is 40.0 Å². The molecule has 2 unspecified atom stereocenters. The van der Waals surface area contributed by atoms with Gasteiger partial charge in [0.15, 0.2) is 0 Å². The highest BCUT2D eigenvalue weighted by Gasteiger charge is 2.28. The standard InChI is InChI=1S/C13H14F2O6/c1-2-21-9(17)5-8(16)12(18)6-3-4-7(14)10(11(6)15)13(19)20/h3-4,8,12,16,18H,2,5H2,1H3,(H,19,20). The molecule has 0 radical (unpaired) electrons. The number of hydrogen-bond donors (Lipinski definition) is 3. The second-order valence-electron chi connectivity index (χ2n) is 4.15. The summed E-state index contributed by atoms with van der Waals surface area (Å²) >= 11 is 0. The van der Waals surface area contributed by atoms with E-state index >= 15 is 0 Å². The van der Waals surface area contributed by atoms with Gasteiger partial charge in [-0.1, -0.05) is 6.07 Å². The highest BCUT2D eigenvalue weighted by molar-refractivity contribution is 5.88. The lowest BCUT2D eigenvalue weighted by molar-refractivity contribution is -0.147. The number of carboxylic acids is 1. The van der Waals surface area contributed by atoms with Crippen molar-refractivity contribution in [3.8, 4) is 0 Å². The summed E-state index contributed by atoms with van der Waals surface area (Å²) in [6, 6.07) is 1.46. The van der Waals surface area contributed by atoms with Gasteiger partial charge in [0.2, 0.25) is 0 Å². The molecule has 6 nitrogen and oxygen atoms in total. The Morgan fingerprint density at radius 3 is 2.43 bits per heavy atom. The van der Waals surface area contributed by atoms with Crippen LogP contribution in [0.3, 0.4) is 0 Å². The molecule has 0 aliphatic heterocycles. The molecule has 0 aromatic heterocycles. The smallest absolute Gasteiger partial charge is 0.341 e. The highest BCUT2D eigenvalue weighted by atomic mass is 19.1. The summed E-state index contributed by atoms with van der Waals surface area (Å²) in [5.41, 5.74) is -1.86. The quantitative estimate of drug-likeness (QED) is 0.678. The Bertz CT molecular complexity index is 546. The molecule has 1 aromatic rings. The van der Waals surface area contributed by atoms with Gasteiger partial charge in [0.05, 0.1) is 19.1 Å². The first kappa shape index (κ1) is 17.0. The number of benzene rings is 1. The van der Waals surface area contributed by atoms with E-state index in [0.717, 1.165) is 6.07 Å². The molecule has 0 saturated heterocycles. The number of halogens is 2.